The molecule has 4 heteroatoms. The van der Waals surface area contributed by atoms with Gasteiger partial charge in [0.25, 0.3) is 0 Å². The molecule has 0 aliphatic carbocycles. The molecule has 0 rings (SSSR count). The molecule has 0 spiro atoms. The summed E-state index contributed by atoms with van der Waals surface area (Å²) in [4.78, 5) is 3.84. The van der Waals surface area contributed by atoms with E-state index in [-0.39, 0.29) is 0 Å². The number of nitrogens with zero attached hydrogens (tertiary/aromatic N) is 3. The number of hydrogen-bond donors (Lipinski definition) is 1. The Labute approximate surface area is 91.4 Å². The minimum absolute atomic E-state index is 0.699. The van der Waals surface area contributed by atoms with Crippen molar-refractivity contribution >= 4 is 13.1 Å². The summed E-state index contributed by atoms with van der Waals surface area (Å²) in [6.45, 7) is 9.23. The minimum atomic E-state index is 0.699. The largest absolute Gasteiger partial charge is 0.388 e. The Morgan fingerprint density at radius 3 is 2.47 bits per heavy atom. The minimum Gasteiger partial charge on any atom is -0.388 e. The highest BCUT2D eigenvalue weighted by molar-refractivity contribution is 5.59. The van der Waals surface area contributed by atoms with Gasteiger partial charge in [0.1, 0.15) is 6.34 Å². The predicted octanol–water partition coefficient (Wildman–Crippen LogP) is 1.76. The molecule has 0 saturated heterocycles. The Kier molecular flexibility index (Phi) is 6.63. The molecule has 0 aromatic heterocycles. The normalized spacial score (nSPS) is 12.1. The van der Waals surface area contributed by atoms with E-state index in [2.05, 4.69) is 28.7 Å². The van der Waals surface area contributed by atoms with Crippen molar-refractivity contribution in [2.24, 2.45) is 10.1 Å². The standard InChI is InChI=1S/C11H18N4/c1-6-11(13-4)8-7-10(2)15(14-5)9-12-3/h6-9,13H,2,5H2,1,3-4H3/b8-7-,11-6+,12-9?. The molecule has 82 valence electrons. The molecule has 0 atom stereocenters. The maximum atomic E-state index is 3.84. The second-order valence-corrected chi connectivity index (χ2v) is 2.68. The number of aliphatic imine (C=N–C) groups is 1. The molecular formula is C11H18N4. The fourth-order valence-corrected chi connectivity index (χ4v) is 0.897. The molecule has 0 aliphatic heterocycles. The van der Waals surface area contributed by atoms with Crippen LogP contribution >= 0.6 is 0 Å². The van der Waals surface area contributed by atoms with Gasteiger partial charge >= 0.3 is 0 Å². The topological polar surface area (TPSA) is 40.0 Å². The number of allylic oxidation sites excluding steroid dienone is 3. The molecule has 0 fully saturated rings. The van der Waals surface area contributed by atoms with Gasteiger partial charge in [-0.3, -0.25) is 4.99 Å². The molecule has 15 heavy (non-hydrogen) atoms. The van der Waals surface area contributed by atoms with Crippen LogP contribution < -0.4 is 5.32 Å². The smallest absolute Gasteiger partial charge is 0.111 e. The molecule has 0 heterocycles. The quantitative estimate of drug-likeness (QED) is 0.311. The molecule has 4 nitrogen and oxygen atoms in total. The third-order valence-electron chi connectivity index (χ3n) is 1.73. The van der Waals surface area contributed by atoms with Crippen molar-refractivity contribution in [1.29, 1.82) is 0 Å². The Hall–Kier alpha value is -1.84. The van der Waals surface area contributed by atoms with E-state index in [0.717, 1.165) is 5.70 Å². The van der Waals surface area contributed by atoms with Crippen LogP contribution in [0.1, 0.15) is 6.92 Å². The Morgan fingerprint density at radius 1 is 1.40 bits per heavy atom. The van der Waals surface area contributed by atoms with Gasteiger partial charge in [0, 0.05) is 26.5 Å². The summed E-state index contributed by atoms with van der Waals surface area (Å²) in [5.74, 6) is 0. The summed E-state index contributed by atoms with van der Waals surface area (Å²) < 4.78 is 0. The first-order chi connectivity index (χ1) is 7.19. The highest BCUT2D eigenvalue weighted by Crippen LogP contribution is 2.03. The Balaban J connectivity index is 4.52. The fourth-order valence-electron chi connectivity index (χ4n) is 0.897. The summed E-state index contributed by atoms with van der Waals surface area (Å²) in [5, 5.41) is 8.28. The van der Waals surface area contributed by atoms with Gasteiger partial charge in [-0.05, 0) is 19.1 Å². The summed E-state index contributed by atoms with van der Waals surface area (Å²) in [6, 6.07) is 0. The van der Waals surface area contributed by atoms with Crippen LogP contribution in [0.15, 0.2) is 46.3 Å². The van der Waals surface area contributed by atoms with E-state index >= 15 is 0 Å². The van der Waals surface area contributed by atoms with Gasteiger partial charge in [-0.1, -0.05) is 12.7 Å². The average Bonchev–Trinajstić information content (AvgIpc) is 2.26. The average molecular weight is 206 g/mol. The van der Waals surface area contributed by atoms with Crippen LogP contribution in [0.2, 0.25) is 0 Å². The van der Waals surface area contributed by atoms with Crippen molar-refractivity contribution < 1.29 is 0 Å². The Bertz CT molecular complexity index is 300. The van der Waals surface area contributed by atoms with Gasteiger partial charge in [0.05, 0.1) is 5.70 Å². The maximum absolute atomic E-state index is 3.84. The van der Waals surface area contributed by atoms with E-state index < -0.39 is 0 Å². The van der Waals surface area contributed by atoms with Crippen LogP contribution in [0.4, 0.5) is 0 Å². The lowest BCUT2D eigenvalue weighted by Gasteiger charge is -2.11. The van der Waals surface area contributed by atoms with Crippen LogP contribution in [0.5, 0.6) is 0 Å². The molecule has 0 aliphatic rings. The zero-order chi connectivity index (χ0) is 11.7. The van der Waals surface area contributed by atoms with Gasteiger partial charge in [-0.25, -0.2) is 5.01 Å². The van der Waals surface area contributed by atoms with Crippen LogP contribution in [0.3, 0.4) is 0 Å². The van der Waals surface area contributed by atoms with Gasteiger partial charge in [0.15, 0.2) is 0 Å². The second kappa shape index (κ2) is 7.55. The lowest BCUT2D eigenvalue weighted by molar-refractivity contribution is 0.593. The molecule has 0 saturated carbocycles. The lowest BCUT2D eigenvalue weighted by Crippen LogP contribution is -2.12. The number of rotatable bonds is 6. The van der Waals surface area contributed by atoms with Gasteiger partial charge in [0.2, 0.25) is 0 Å². The first-order valence-corrected chi connectivity index (χ1v) is 4.58. The molecule has 0 radical (unpaired) electrons. The number of nitrogens with one attached hydrogen (secondary N) is 1. The van der Waals surface area contributed by atoms with Crippen LogP contribution in [-0.2, 0) is 0 Å². The van der Waals surface area contributed by atoms with Crippen LogP contribution in [-0.4, -0.2) is 32.2 Å². The number of hydrogen-bond acceptors (Lipinski definition) is 3. The van der Waals surface area contributed by atoms with E-state index in [0.29, 0.717) is 5.70 Å². The summed E-state index contributed by atoms with van der Waals surface area (Å²) in [6.07, 6.45) is 7.25. The molecular weight excluding hydrogens is 188 g/mol. The fraction of sp³-hybridized carbons (Fsp3) is 0.273. The third-order valence-corrected chi connectivity index (χ3v) is 1.73. The SMILES string of the molecule is C=NN(C=NC)C(=C)/C=C\C(=C/C)NC. The molecule has 0 amide bonds. The van der Waals surface area contributed by atoms with Crippen LogP contribution in [0, 0.1) is 0 Å². The Morgan fingerprint density at radius 2 is 2.07 bits per heavy atom. The van der Waals surface area contributed by atoms with Crippen LogP contribution in [0.25, 0.3) is 0 Å². The molecule has 0 aromatic rings. The van der Waals surface area contributed by atoms with Crippen molar-refractivity contribution in [3.05, 3.63) is 36.2 Å². The van der Waals surface area contributed by atoms with E-state index in [1.54, 1.807) is 13.4 Å². The van der Waals surface area contributed by atoms with E-state index in [4.69, 9.17) is 0 Å². The molecule has 0 unspecified atom stereocenters. The zero-order valence-corrected chi connectivity index (χ0v) is 9.57. The first-order valence-electron chi connectivity index (χ1n) is 4.58. The summed E-state index contributed by atoms with van der Waals surface area (Å²) >= 11 is 0. The number of hydrazone groups is 1. The van der Waals surface area contributed by atoms with Crippen molar-refractivity contribution in [2.45, 2.75) is 6.92 Å². The van der Waals surface area contributed by atoms with Crippen molar-refractivity contribution in [3.8, 4) is 0 Å². The molecule has 0 bridgehead atoms. The first kappa shape index (κ1) is 13.2. The maximum Gasteiger partial charge on any atom is 0.111 e. The third kappa shape index (κ3) is 4.81. The predicted molar refractivity (Wildman–Crippen MR) is 66.9 cm³/mol. The monoisotopic (exact) mass is 206 g/mol. The zero-order valence-electron chi connectivity index (χ0n) is 9.57. The van der Waals surface area contributed by atoms with Crippen molar-refractivity contribution in [2.75, 3.05) is 14.1 Å². The summed E-state index contributed by atoms with van der Waals surface area (Å²) in [7, 11) is 3.53. The highest BCUT2D eigenvalue weighted by atomic mass is 15.4. The van der Waals surface area contributed by atoms with E-state index in [1.165, 1.54) is 5.01 Å². The van der Waals surface area contributed by atoms with Gasteiger partial charge < -0.3 is 5.32 Å². The lowest BCUT2D eigenvalue weighted by atomic mass is 10.3. The van der Waals surface area contributed by atoms with Crippen molar-refractivity contribution in [1.82, 2.24) is 10.3 Å². The van der Waals surface area contributed by atoms with E-state index in [1.807, 2.05) is 32.2 Å². The summed E-state index contributed by atoms with van der Waals surface area (Å²) in [5.41, 5.74) is 1.71. The van der Waals surface area contributed by atoms with Gasteiger partial charge in [-0.15, -0.1) is 0 Å². The molecule has 1 N–H and O–H groups in total. The van der Waals surface area contributed by atoms with E-state index in [9.17, 15) is 0 Å². The highest BCUT2D eigenvalue weighted by Gasteiger charge is 1.96. The second-order valence-electron chi connectivity index (χ2n) is 2.68. The van der Waals surface area contributed by atoms with Crippen molar-refractivity contribution in [3.63, 3.8) is 0 Å². The molecule has 0 aromatic carbocycles. The number of likely N-dealkylation sites (N-methyl/N-ethyl adjacent to an activating group) is 1. The van der Waals surface area contributed by atoms with Gasteiger partial charge in [-0.2, -0.15) is 5.10 Å².